The first-order valence-electron chi connectivity index (χ1n) is 9.20. The van der Waals surface area contributed by atoms with E-state index in [1.807, 2.05) is 6.92 Å². The smallest absolute Gasteiger partial charge is 0.303 e. The maximum absolute atomic E-state index is 11.6. The topological polar surface area (TPSA) is 74.6 Å². The van der Waals surface area contributed by atoms with Crippen molar-refractivity contribution in [1.29, 1.82) is 0 Å². The van der Waals surface area contributed by atoms with Gasteiger partial charge in [0.15, 0.2) is 0 Å². The second-order valence-electron chi connectivity index (χ2n) is 8.70. The number of carbonyl (C=O) groups is 2. The van der Waals surface area contributed by atoms with Crippen molar-refractivity contribution in [2.75, 3.05) is 0 Å². The summed E-state index contributed by atoms with van der Waals surface area (Å²) in [5.74, 6) is 0.166. The Bertz CT molecular complexity index is 526. The lowest BCUT2D eigenvalue weighted by Gasteiger charge is -2.58. The molecule has 136 valence electrons. The molecule has 0 aromatic rings. The van der Waals surface area contributed by atoms with E-state index >= 15 is 0 Å². The van der Waals surface area contributed by atoms with Crippen LogP contribution in [0.25, 0.3) is 0 Å². The number of allylic oxidation sites excluding steroid dienone is 1. The minimum atomic E-state index is -0.742. The van der Waals surface area contributed by atoms with Gasteiger partial charge in [0.05, 0.1) is 6.10 Å². The molecule has 1 fully saturated rings. The van der Waals surface area contributed by atoms with Gasteiger partial charge in [0.1, 0.15) is 6.29 Å². The fourth-order valence-electron chi connectivity index (χ4n) is 5.23. The number of carboxylic acid groups (broad SMARTS) is 1. The maximum atomic E-state index is 11.6. The molecule has 0 aromatic heterocycles. The van der Waals surface area contributed by atoms with Crippen LogP contribution in [0, 0.1) is 28.6 Å². The normalized spacial score (nSPS) is 40.4. The number of aldehydes is 1. The largest absolute Gasteiger partial charge is 0.481 e. The minimum Gasteiger partial charge on any atom is -0.481 e. The standard InChI is InChI=1S/C20H32O4/c1-13(9-18(23)24)5-7-19(3)14(2)6-8-20(4)15(12-21)10-16(22)11-17(19)20/h10,12-14,16-17,22H,5-9,11H2,1-4H3,(H,23,24). The monoisotopic (exact) mass is 336 g/mol. The van der Waals surface area contributed by atoms with Gasteiger partial charge in [-0.1, -0.05) is 27.7 Å². The summed E-state index contributed by atoms with van der Waals surface area (Å²) < 4.78 is 0. The summed E-state index contributed by atoms with van der Waals surface area (Å²) in [7, 11) is 0. The molecule has 0 aliphatic heterocycles. The van der Waals surface area contributed by atoms with Gasteiger partial charge in [0.2, 0.25) is 0 Å². The predicted molar refractivity (Wildman–Crippen MR) is 93.5 cm³/mol. The number of aliphatic carboxylic acids is 1. The third-order valence-electron chi connectivity index (χ3n) is 7.12. The average Bonchev–Trinajstić information content (AvgIpc) is 2.50. The minimum absolute atomic E-state index is 0.0171. The fourth-order valence-corrected chi connectivity index (χ4v) is 5.23. The predicted octanol–water partition coefficient (Wildman–Crippen LogP) is 3.83. The zero-order chi connectivity index (χ0) is 18.1. The van der Waals surface area contributed by atoms with Crippen LogP contribution in [0.2, 0.25) is 0 Å². The fraction of sp³-hybridized carbons (Fsp3) is 0.800. The highest BCUT2D eigenvalue weighted by Crippen LogP contribution is 2.61. The molecule has 0 amide bonds. The number of aliphatic hydroxyl groups is 1. The van der Waals surface area contributed by atoms with E-state index in [-0.39, 0.29) is 29.1 Å². The van der Waals surface area contributed by atoms with Gasteiger partial charge >= 0.3 is 5.97 Å². The molecule has 0 radical (unpaired) electrons. The molecule has 0 spiro atoms. The van der Waals surface area contributed by atoms with Crippen molar-refractivity contribution in [3.05, 3.63) is 11.6 Å². The number of fused-ring (bicyclic) bond motifs is 1. The molecule has 2 aliphatic rings. The summed E-state index contributed by atoms with van der Waals surface area (Å²) in [6.07, 6.45) is 6.89. The summed E-state index contributed by atoms with van der Waals surface area (Å²) in [6, 6.07) is 0. The quantitative estimate of drug-likeness (QED) is 0.723. The number of hydrogen-bond donors (Lipinski definition) is 2. The number of carbonyl (C=O) groups excluding carboxylic acids is 1. The highest BCUT2D eigenvalue weighted by molar-refractivity contribution is 5.76. The maximum Gasteiger partial charge on any atom is 0.303 e. The van der Waals surface area contributed by atoms with Crippen LogP contribution < -0.4 is 0 Å². The average molecular weight is 336 g/mol. The Balaban J connectivity index is 2.25. The Morgan fingerprint density at radius 1 is 1.46 bits per heavy atom. The molecule has 24 heavy (non-hydrogen) atoms. The van der Waals surface area contributed by atoms with Gasteiger partial charge in [0.25, 0.3) is 0 Å². The van der Waals surface area contributed by atoms with E-state index in [0.29, 0.717) is 12.3 Å². The lowest BCUT2D eigenvalue weighted by atomic mass is 9.46. The van der Waals surface area contributed by atoms with Crippen LogP contribution in [0.1, 0.15) is 66.2 Å². The zero-order valence-electron chi connectivity index (χ0n) is 15.4. The van der Waals surface area contributed by atoms with Crippen LogP contribution in [0.3, 0.4) is 0 Å². The van der Waals surface area contributed by atoms with Crippen molar-refractivity contribution >= 4 is 12.3 Å². The van der Waals surface area contributed by atoms with Crippen LogP contribution in [-0.2, 0) is 9.59 Å². The number of rotatable bonds is 6. The third-order valence-corrected chi connectivity index (χ3v) is 7.12. The summed E-state index contributed by atoms with van der Waals surface area (Å²) in [4.78, 5) is 22.5. The summed E-state index contributed by atoms with van der Waals surface area (Å²) in [5, 5.41) is 19.3. The number of hydrogen-bond acceptors (Lipinski definition) is 3. The first-order chi connectivity index (χ1) is 11.1. The molecule has 2 rings (SSSR count). The highest BCUT2D eigenvalue weighted by atomic mass is 16.4. The van der Waals surface area contributed by atoms with Crippen molar-refractivity contribution in [2.45, 2.75) is 72.3 Å². The molecule has 0 heterocycles. The van der Waals surface area contributed by atoms with Gasteiger partial charge in [0, 0.05) is 6.42 Å². The molecule has 0 saturated heterocycles. The van der Waals surface area contributed by atoms with E-state index in [4.69, 9.17) is 5.11 Å². The summed E-state index contributed by atoms with van der Waals surface area (Å²) >= 11 is 0. The molecule has 4 heteroatoms. The van der Waals surface area contributed by atoms with E-state index in [1.165, 1.54) is 0 Å². The number of aliphatic hydroxyl groups excluding tert-OH is 1. The molecule has 1 saturated carbocycles. The molecule has 2 aliphatic carbocycles. The van der Waals surface area contributed by atoms with Gasteiger partial charge in [-0.3, -0.25) is 9.59 Å². The molecule has 2 N–H and O–H groups in total. The first-order valence-corrected chi connectivity index (χ1v) is 9.20. The Hall–Kier alpha value is -1.16. The Morgan fingerprint density at radius 3 is 2.71 bits per heavy atom. The van der Waals surface area contributed by atoms with Crippen LogP contribution in [-0.4, -0.2) is 28.6 Å². The van der Waals surface area contributed by atoms with Crippen molar-refractivity contribution in [2.24, 2.45) is 28.6 Å². The molecular formula is C20H32O4. The summed E-state index contributed by atoms with van der Waals surface area (Å²) in [5.41, 5.74) is 0.601. The van der Waals surface area contributed by atoms with Crippen LogP contribution in [0.4, 0.5) is 0 Å². The van der Waals surface area contributed by atoms with Crippen LogP contribution in [0.5, 0.6) is 0 Å². The molecule has 6 atom stereocenters. The SMILES string of the molecule is CC(CCC1(C)C(C)CCC2(C)C(C=O)=CC(O)CC21)CC(=O)O. The molecular weight excluding hydrogens is 304 g/mol. The Kier molecular flexibility index (Phi) is 5.58. The van der Waals surface area contributed by atoms with Crippen molar-refractivity contribution in [3.63, 3.8) is 0 Å². The second-order valence-corrected chi connectivity index (χ2v) is 8.70. The van der Waals surface area contributed by atoms with Crippen LogP contribution >= 0.6 is 0 Å². The Morgan fingerprint density at radius 2 is 2.12 bits per heavy atom. The second kappa shape index (κ2) is 6.99. The van der Waals surface area contributed by atoms with Gasteiger partial charge in [-0.25, -0.2) is 0 Å². The van der Waals surface area contributed by atoms with Crippen molar-refractivity contribution in [1.82, 2.24) is 0 Å². The Labute approximate surface area is 145 Å². The van der Waals surface area contributed by atoms with E-state index in [1.54, 1.807) is 6.08 Å². The van der Waals surface area contributed by atoms with Gasteiger partial charge in [-0.15, -0.1) is 0 Å². The van der Waals surface area contributed by atoms with E-state index in [2.05, 4.69) is 20.8 Å². The first kappa shape index (κ1) is 19.2. The summed E-state index contributed by atoms with van der Waals surface area (Å²) in [6.45, 7) is 8.73. The van der Waals surface area contributed by atoms with Gasteiger partial charge < -0.3 is 10.2 Å². The zero-order valence-corrected chi connectivity index (χ0v) is 15.4. The van der Waals surface area contributed by atoms with Gasteiger partial charge in [-0.2, -0.15) is 0 Å². The molecule has 0 aromatic carbocycles. The molecule has 4 nitrogen and oxygen atoms in total. The van der Waals surface area contributed by atoms with Crippen molar-refractivity contribution in [3.8, 4) is 0 Å². The lowest BCUT2D eigenvalue weighted by Crippen LogP contribution is -2.52. The van der Waals surface area contributed by atoms with Crippen molar-refractivity contribution < 1.29 is 19.8 Å². The third kappa shape index (κ3) is 3.44. The van der Waals surface area contributed by atoms with E-state index < -0.39 is 12.1 Å². The lowest BCUT2D eigenvalue weighted by molar-refractivity contribution is -0.138. The molecule has 0 bridgehead atoms. The van der Waals surface area contributed by atoms with E-state index in [0.717, 1.165) is 37.5 Å². The van der Waals surface area contributed by atoms with E-state index in [9.17, 15) is 14.7 Å². The highest BCUT2D eigenvalue weighted by Gasteiger charge is 2.55. The van der Waals surface area contributed by atoms with Crippen LogP contribution in [0.15, 0.2) is 11.6 Å². The number of carboxylic acids is 1. The van der Waals surface area contributed by atoms with Gasteiger partial charge in [-0.05, 0) is 72.3 Å². The molecule has 6 unspecified atom stereocenters.